The second-order valence-corrected chi connectivity index (χ2v) is 5.14. The Balaban J connectivity index is 2.09. The van der Waals surface area contributed by atoms with Crippen LogP contribution in [0.4, 0.5) is 11.8 Å². The average Bonchev–Trinajstić information content (AvgIpc) is 2.72. The third kappa shape index (κ3) is 2.43. The first-order valence-electron chi connectivity index (χ1n) is 5.87. The summed E-state index contributed by atoms with van der Waals surface area (Å²) in [5.41, 5.74) is 1.41. The van der Waals surface area contributed by atoms with Crippen LogP contribution in [0.25, 0.3) is 0 Å². The minimum absolute atomic E-state index is 0.414. The number of nitrogens with zero attached hydrogens (tertiary/aromatic N) is 2. The SMILES string of the molecule is CCNc1nc(C)cc(NC2CC2(C)C)n1. The lowest BCUT2D eigenvalue weighted by molar-refractivity contribution is 0.630. The topological polar surface area (TPSA) is 49.8 Å². The van der Waals surface area contributed by atoms with Gasteiger partial charge in [-0.1, -0.05) is 13.8 Å². The summed E-state index contributed by atoms with van der Waals surface area (Å²) in [4.78, 5) is 8.76. The van der Waals surface area contributed by atoms with Crippen molar-refractivity contribution >= 4 is 11.8 Å². The molecule has 88 valence electrons. The first-order chi connectivity index (χ1) is 7.51. The van der Waals surface area contributed by atoms with Gasteiger partial charge in [0.15, 0.2) is 0 Å². The Morgan fingerprint density at radius 1 is 1.44 bits per heavy atom. The molecular formula is C12H20N4. The maximum atomic E-state index is 4.44. The normalized spacial score (nSPS) is 21.6. The molecule has 0 bridgehead atoms. The van der Waals surface area contributed by atoms with Gasteiger partial charge >= 0.3 is 0 Å². The third-order valence-corrected chi connectivity index (χ3v) is 3.02. The molecule has 0 aromatic carbocycles. The molecule has 1 saturated carbocycles. The van der Waals surface area contributed by atoms with E-state index in [2.05, 4.69) is 34.4 Å². The van der Waals surface area contributed by atoms with E-state index in [0.29, 0.717) is 17.4 Å². The molecule has 1 aromatic heterocycles. The van der Waals surface area contributed by atoms with Crippen LogP contribution in [0.3, 0.4) is 0 Å². The van der Waals surface area contributed by atoms with E-state index >= 15 is 0 Å². The Kier molecular flexibility index (Phi) is 2.74. The highest BCUT2D eigenvalue weighted by molar-refractivity contribution is 5.44. The van der Waals surface area contributed by atoms with Crippen molar-refractivity contribution in [2.24, 2.45) is 5.41 Å². The molecule has 1 fully saturated rings. The number of aryl methyl sites for hydroxylation is 1. The Hall–Kier alpha value is -1.32. The number of anilines is 2. The number of hydrogen-bond acceptors (Lipinski definition) is 4. The van der Waals surface area contributed by atoms with E-state index in [1.165, 1.54) is 6.42 Å². The minimum Gasteiger partial charge on any atom is -0.367 e. The second-order valence-electron chi connectivity index (χ2n) is 5.14. The van der Waals surface area contributed by atoms with Gasteiger partial charge < -0.3 is 10.6 Å². The Labute approximate surface area is 96.9 Å². The fourth-order valence-electron chi connectivity index (χ4n) is 1.77. The molecule has 1 heterocycles. The summed E-state index contributed by atoms with van der Waals surface area (Å²) in [7, 11) is 0. The molecular weight excluding hydrogens is 200 g/mol. The van der Waals surface area contributed by atoms with Crippen LogP contribution in [-0.4, -0.2) is 22.6 Å². The van der Waals surface area contributed by atoms with E-state index in [4.69, 9.17) is 0 Å². The number of hydrogen-bond donors (Lipinski definition) is 2. The summed E-state index contributed by atoms with van der Waals surface area (Å²) in [6.45, 7) is 9.42. The van der Waals surface area contributed by atoms with Gasteiger partial charge in [0, 0.05) is 24.3 Å². The summed E-state index contributed by atoms with van der Waals surface area (Å²) in [6.07, 6.45) is 1.21. The van der Waals surface area contributed by atoms with E-state index in [-0.39, 0.29) is 0 Å². The van der Waals surface area contributed by atoms with Crippen LogP contribution in [0.5, 0.6) is 0 Å². The van der Waals surface area contributed by atoms with Crippen LogP contribution >= 0.6 is 0 Å². The van der Waals surface area contributed by atoms with Crippen molar-refractivity contribution in [1.29, 1.82) is 0 Å². The molecule has 0 spiro atoms. The zero-order chi connectivity index (χ0) is 11.8. The quantitative estimate of drug-likeness (QED) is 0.818. The standard InChI is InChI=1S/C12H20N4/c1-5-13-11-14-8(2)6-10(16-11)15-9-7-12(9,3)4/h6,9H,5,7H2,1-4H3,(H2,13,14,15,16). The molecule has 1 aliphatic rings. The number of nitrogens with one attached hydrogen (secondary N) is 2. The van der Waals surface area contributed by atoms with Crippen LogP contribution in [0.2, 0.25) is 0 Å². The maximum absolute atomic E-state index is 4.44. The predicted octanol–water partition coefficient (Wildman–Crippen LogP) is 2.43. The molecule has 1 aliphatic carbocycles. The molecule has 2 N–H and O–H groups in total. The first kappa shape index (κ1) is 11.2. The van der Waals surface area contributed by atoms with Gasteiger partial charge in [0.1, 0.15) is 5.82 Å². The highest BCUT2D eigenvalue weighted by Gasteiger charge is 2.45. The van der Waals surface area contributed by atoms with Gasteiger partial charge in [-0.15, -0.1) is 0 Å². The fraction of sp³-hybridized carbons (Fsp3) is 0.667. The fourth-order valence-corrected chi connectivity index (χ4v) is 1.77. The van der Waals surface area contributed by atoms with Gasteiger partial charge in [-0.25, -0.2) is 4.98 Å². The Morgan fingerprint density at radius 3 is 2.69 bits per heavy atom. The minimum atomic E-state index is 0.414. The van der Waals surface area contributed by atoms with Crippen molar-refractivity contribution in [3.8, 4) is 0 Å². The van der Waals surface area contributed by atoms with Crippen LogP contribution in [0.15, 0.2) is 6.07 Å². The van der Waals surface area contributed by atoms with Gasteiger partial charge in [0.25, 0.3) is 0 Å². The monoisotopic (exact) mass is 220 g/mol. The average molecular weight is 220 g/mol. The molecule has 2 rings (SSSR count). The van der Waals surface area contributed by atoms with Crippen LogP contribution in [0, 0.1) is 12.3 Å². The molecule has 0 amide bonds. The molecule has 1 aromatic rings. The van der Waals surface area contributed by atoms with Crippen LogP contribution in [0.1, 0.15) is 32.9 Å². The van der Waals surface area contributed by atoms with Crippen molar-refractivity contribution in [1.82, 2.24) is 9.97 Å². The number of aromatic nitrogens is 2. The van der Waals surface area contributed by atoms with Gasteiger partial charge in [-0.05, 0) is 25.7 Å². The van der Waals surface area contributed by atoms with Crippen LogP contribution in [-0.2, 0) is 0 Å². The molecule has 1 atom stereocenters. The van der Waals surface area contributed by atoms with E-state index in [0.717, 1.165) is 18.1 Å². The lowest BCUT2D eigenvalue weighted by Crippen LogP contribution is -2.12. The lowest BCUT2D eigenvalue weighted by Gasteiger charge is -2.10. The van der Waals surface area contributed by atoms with E-state index in [9.17, 15) is 0 Å². The van der Waals surface area contributed by atoms with E-state index < -0.39 is 0 Å². The van der Waals surface area contributed by atoms with Gasteiger partial charge in [-0.2, -0.15) is 4.98 Å². The van der Waals surface area contributed by atoms with Crippen molar-refractivity contribution in [2.75, 3.05) is 17.2 Å². The Bertz CT molecular complexity index is 387. The van der Waals surface area contributed by atoms with Crippen molar-refractivity contribution in [3.05, 3.63) is 11.8 Å². The smallest absolute Gasteiger partial charge is 0.224 e. The largest absolute Gasteiger partial charge is 0.367 e. The summed E-state index contributed by atoms with van der Waals surface area (Å²) >= 11 is 0. The van der Waals surface area contributed by atoms with Gasteiger partial charge in [-0.3, -0.25) is 0 Å². The number of rotatable bonds is 4. The zero-order valence-corrected chi connectivity index (χ0v) is 10.5. The van der Waals surface area contributed by atoms with Crippen molar-refractivity contribution in [3.63, 3.8) is 0 Å². The highest BCUT2D eigenvalue weighted by atomic mass is 15.2. The lowest BCUT2D eigenvalue weighted by atomic mass is 10.2. The van der Waals surface area contributed by atoms with E-state index in [1.807, 2.05) is 19.9 Å². The Morgan fingerprint density at radius 2 is 2.12 bits per heavy atom. The maximum Gasteiger partial charge on any atom is 0.224 e. The molecule has 1 unspecified atom stereocenters. The van der Waals surface area contributed by atoms with E-state index in [1.54, 1.807) is 0 Å². The first-order valence-corrected chi connectivity index (χ1v) is 5.87. The molecule has 16 heavy (non-hydrogen) atoms. The molecule has 4 nitrogen and oxygen atoms in total. The summed E-state index contributed by atoms with van der Waals surface area (Å²) < 4.78 is 0. The molecule has 0 aliphatic heterocycles. The highest BCUT2D eigenvalue weighted by Crippen LogP contribution is 2.46. The predicted molar refractivity (Wildman–Crippen MR) is 66.7 cm³/mol. The van der Waals surface area contributed by atoms with Gasteiger partial charge in [0.2, 0.25) is 5.95 Å². The summed E-state index contributed by atoms with van der Waals surface area (Å²) in [6, 6.07) is 2.55. The zero-order valence-electron chi connectivity index (χ0n) is 10.5. The molecule has 0 saturated heterocycles. The summed E-state index contributed by atoms with van der Waals surface area (Å²) in [5, 5.41) is 6.60. The van der Waals surface area contributed by atoms with Gasteiger partial charge in [0.05, 0.1) is 0 Å². The molecule has 4 heteroatoms. The van der Waals surface area contributed by atoms with Crippen molar-refractivity contribution < 1.29 is 0 Å². The molecule has 0 radical (unpaired) electrons. The van der Waals surface area contributed by atoms with Crippen LogP contribution < -0.4 is 10.6 Å². The van der Waals surface area contributed by atoms with Crippen molar-refractivity contribution in [2.45, 2.75) is 40.2 Å². The third-order valence-electron chi connectivity index (χ3n) is 3.02. The summed E-state index contributed by atoms with van der Waals surface area (Å²) in [5.74, 6) is 1.64. The second kappa shape index (κ2) is 3.92.